The standard InChI is InChI=1S/C21H26N2O3/c1-15(14-23(2)3)13-22-20(24)17-11-9-16(10-12-17)18-7-5-6-8-19(18)21(25)26-4/h5-12,15H,13-14H2,1-4H3,(H,22,24)/t15-/m1/s1. The van der Waals surface area contributed by atoms with Crippen molar-refractivity contribution in [3.8, 4) is 11.1 Å². The lowest BCUT2D eigenvalue weighted by molar-refractivity contribution is 0.0601. The van der Waals surface area contributed by atoms with E-state index in [1.807, 2.05) is 38.4 Å². The molecule has 0 saturated heterocycles. The highest BCUT2D eigenvalue weighted by Gasteiger charge is 2.13. The molecule has 2 aromatic carbocycles. The van der Waals surface area contributed by atoms with Gasteiger partial charge in [0.15, 0.2) is 0 Å². The minimum Gasteiger partial charge on any atom is -0.465 e. The van der Waals surface area contributed by atoms with Crippen LogP contribution in [0.3, 0.4) is 0 Å². The van der Waals surface area contributed by atoms with Crippen LogP contribution in [0.15, 0.2) is 48.5 Å². The second kappa shape index (κ2) is 9.15. The Labute approximate surface area is 155 Å². The lowest BCUT2D eigenvalue weighted by Crippen LogP contribution is -2.32. The lowest BCUT2D eigenvalue weighted by atomic mass is 9.98. The van der Waals surface area contributed by atoms with Crippen LogP contribution in [0.4, 0.5) is 0 Å². The van der Waals surface area contributed by atoms with E-state index in [4.69, 9.17) is 4.74 Å². The molecule has 0 aliphatic heterocycles. The molecule has 0 aliphatic rings. The molecule has 0 radical (unpaired) electrons. The minimum absolute atomic E-state index is 0.0941. The molecule has 0 spiro atoms. The summed E-state index contributed by atoms with van der Waals surface area (Å²) in [5.41, 5.74) is 2.75. The molecule has 0 aliphatic carbocycles. The molecule has 5 heteroatoms. The largest absolute Gasteiger partial charge is 0.465 e. The summed E-state index contributed by atoms with van der Waals surface area (Å²) in [7, 11) is 5.40. The second-order valence-electron chi connectivity index (χ2n) is 6.69. The number of hydrogen-bond donors (Lipinski definition) is 1. The number of nitrogens with zero attached hydrogens (tertiary/aromatic N) is 1. The SMILES string of the molecule is COC(=O)c1ccccc1-c1ccc(C(=O)NC[C@@H](C)CN(C)C)cc1. The average molecular weight is 354 g/mol. The summed E-state index contributed by atoms with van der Waals surface area (Å²) < 4.78 is 4.84. The van der Waals surface area contributed by atoms with Crippen molar-refractivity contribution in [3.63, 3.8) is 0 Å². The molecule has 0 saturated carbocycles. The summed E-state index contributed by atoms with van der Waals surface area (Å²) in [5, 5.41) is 2.96. The van der Waals surface area contributed by atoms with E-state index in [0.29, 0.717) is 23.6 Å². The molecule has 0 bridgehead atoms. The lowest BCUT2D eigenvalue weighted by Gasteiger charge is -2.17. The van der Waals surface area contributed by atoms with Crippen molar-refractivity contribution in [2.24, 2.45) is 5.92 Å². The first-order valence-electron chi connectivity index (χ1n) is 8.63. The summed E-state index contributed by atoms with van der Waals surface area (Å²) in [5.74, 6) is -0.0964. The maximum absolute atomic E-state index is 12.3. The van der Waals surface area contributed by atoms with Gasteiger partial charge in [-0.3, -0.25) is 4.79 Å². The fourth-order valence-corrected chi connectivity index (χ4v) is 2.88. The van der Waals surface area contributed by atoms with Gasteiger partial charge in [-0.2, -0.15) is 0 Å². The Morgan fingerprint density at radius 2 is 1.73 bits per heavy atom. The highest BCUT2D eigenvalue weighted by Crippen LogP contribution is 2.24. The number of nitrogens with one attached hydrogen (secondary N) is 1. The van der Waals surface area contributed by atoms with E-state index in [1.54, 1.807) is 24.3 Å². The van der Waals surface area contributed by atoms with Gasteiger partial charge in [-0.15, -0.1) is 0 Å². The normalized spacial score (nSPS) is 11.9. The second-order valence-corrected chi connectivity index (χ2v) is 6.69. The Hall–Kier alpha value is -2.66. The maximum atomic E-state index is 12.3. The topological polar surface area (TPSA) is 58.6 Å². The van der Waals surface area contributed by atoms with Crippen molar-refractivity contribution in [1.29, 1.82) is 0 Å². The van der Waals surface area contributed by atoms with Gasteiger partial charge in [-0.25, -0.2) is 4.79 Å². The number of amides is 1. The monoisotopic (exact) mass is 354 g/mol. The molecule has 138 valence electrons. The number of ether oxygens (including phenoxy) is 1. The first-order chi connectivity index (χ1) is 12.4. The number of esters is 1. The minimum atomic E-state index is -0.378. The summed E-state index contributed by atoms with van der Waals surface area (Å²) >= 11 is 0. The van der Waals surface area contributed by atoms with Crippen molar-refractivity contribution in [3.05, 3.63) is 59.7 Å². The first-order valence-corrected chi connectivity index (χ1v) is 8.63. The smallest absolute Gasteiger partial charge is 0.338 e. The van der Waals surface area contributed by atoms with Crippen molar-refractivity contribution in [1.82, 2.24) is 10.2 Å². The van der Waals surface area contributed by atoms with Gasteiger partial charge in [0.25, 0.3) is 5.91 Å². The third-order valence-corrected chi connectivity index (χ3v) is 4.08. The Balaban J connectivity index is 2.09. The number of hydrogen-bond acceptors (Lipinski definition) is 4. The van der Waals surface area contributed by atoms with E-state index < -0.39 is 0 Å². The molecular weight excluding hydrogens is 328 g/mol. The molecule has 1 N–H and O–H groups in total. The summed E-state index contributed by atoms with van der Waals surface area (Å²) in [6, 6.07) is 14.5. The zero-order valence-corrected chi connectivity index (χ0v) is 15.8. The van der Waals surface area contributed by atoms with Crippen molar-refractivity contribution in [2.75, 3.05) is 34.3 Å². The molecular formula is C21H26N2O3. The van der Waals surface area contributed by atoms with E-state index >= 15 is 0 Å². The van der Waals surface area contributed by atoms with Crippen LogP contribution in [0, 0.1) is 5.92 Å². The third kappa shape index (κ3) is 5.17. The molecule has 1 amide bonds. The van der Waals surface area contributed by atoms with Gasteiger partial charge < -0.3 is 15.0 Å². The molecule has 0 unspecified atom stereocenters. The van der Waals surface area contributed by atoms with Crippen LogP contribution in [0.5, 0.6) is 0 Å². The van der Waals surface area contributed by atoms with Gasteiger partial charge in [0, 0.05) is 18.7 Å². The van der Waals surface area contributed by atoms with Crippen LogP contribution < -0.4 is 5.32 Å². The van der Waals surface area contributed by atoms with Gasteiger partial charge >= 0.3 is 5.97 Å². The molecule has 0 fully saturated rings. The van der Waals surface area contributed by atoms with Crippen LogP contribution >= 0.6 is 0 Å². The Bertz CT molecular complexity index is 754. The summed E-state index contributed by atoms with van der Waals surface area (Å²) in [6.45, 7) is 3.65. The number of carbonyl (C=O) groups is 2. The van der Waals surface area contributed by atoms with E-state index in [-0.39, 0.29) is 11.9 Å². The Morgan fingerprint density at radius 1 is 1.08 bits per heavy atom. The molecule has 0 aromatic heterocycles. The van der Waals surface area contributed by atoms with E-state index in [1.165, 1.54) is 7.11 Å². The van der Waals surface area contributed by atoms with Crippen molar-refractivity contribution >= 4 is 11.9 Å². The predicted octanol–water partition coefficient (Wildman–Crippen LogP) is 3.07. The zero-order valence-electron chi connectivity index (χ0n) is 15.8. The van der Waals surface area contributed by atoms with E-state index in [2.05, 4.69) is 17.1 Å². The number of carbonyl (C=O) groups excluding carboxylic acids is 2. The van der Waals surface area contributed by atoms with E-state index in [9.17, 15) is 9.59 Å². The predicted molar refractivity (Wildman–Crippen MR) is 103 cm³/mol. The number of methoxy groups -OCH3 is 1. The Morgan fingerprint density at radius 3 is 2.35 bits per heavy atom. The van der Waals surface area contributed by atoms with Gasteiger partial charge in [-0.1, -0.05) is 37.3 Å². The maximum Gasteiger partial charge on any atom is 0.338 e. The fraction of sp³-hybridized carbons (Fsp3) is 0.333. The van der Waals surface area contributed by atoms with Crippen LogP contribution in [0.2, 0.25) is 0 Å². The highest BCUT2D eigenvalue weighted by molar-refractivity contribution is 5.98. The summed E-state index contributed by atoms with van der Waals surface area (Å²) in [4.78, 5) is 26.3. The quantitative estimate of drug-likeness (QED) is 0.777. The molecule has 2 aromatic rings. The van der Waals surface area contributed by atoms with Gasteiger partial charge in [0.05, 0.1) is 12.7 Å². The molecule has 2 rings (SSSR count). The number of rotatable bonds is 7. The molecule has 5 nitrogen and oxygen atoms in total. The van der Waals surface area contributed by atoms with Crippen molar-refractivity contribution < 1.29 is 14.3 Å². The average Bonchev–Trinajstić information content (AvgIpc) is 2.65. The first kappa shape index (κ1) is 19.7. The van der Waals surface area contributed by atoms with E-state index in [0.717, 1.165) is 17.7 Å². The van der Waals surface area contributed by atoms with Crippen LogP contribution in [-0.4, -0.2) is 51.1 Å². The van der Waals surface area contributed by atoms with Gasteiger partial charge in [-0.05, 0) is 49.3 Å². The fourth-order valence-electron chi connectivity index (χ4n) is 2.88. The molecule has 26 heavy (non-hydrogen) atoms. The third-order valence-electron chi connectivity index (χ3n) is 4.08. The Kier molecular flexibility index (Phi) is 6.92. The highest BCUT2D eigenvalue weighted by atomic mass is 16.5. The van der Waals surface area contributed by atoms with Gasteiger partial charge in [0.2, 0.25) is 0 Å². The van der Waals surface area contributed by atoms with Crippen molar-refractivity contribution in [2.45, 2.75) is 6.92 Å². The summed E-state index contributed by atoms with van der Waals surface area (Å²) in [6.07, 6.45) is 0. The van der Waals surface area contributed by atoms with Crippen LogP contribution in [0.25, 0.3) is 11.1 Å². The molecule has 1 atom stereocenters. The van der Waals surface area contributed by atoms with Crippen LogP contribution in [0.1, 0.15) is 27.6 Å². The van der Waals surface area contributed by atoms with Crippen LogP contribution in [-0.2, 0) is 4.74 Å². The zero-order chi connectivity index (χ0) is 19.1. The number of benzene rings is 2. The van der Waals surface area contributed by atoms with Gasteiger partial charge in [0.1, 0.15) is 0 Å². The molecule has 0 heterocycles.